The monoisotopic (exact) mass is 361 g/mol. The van der Waals surface area contributed by atoms with Crippen molar-refractivity contribution in [3.05, 3.63) is 58.6 Å². The number of para-hydroxylation sites is 1. The van der Waals surface area contributed by atoms with Gasteiger partial charge in [-0.25, -0.2) is 0 Å². The van der Waals surface area contributed by atoms with Crippen LogP contribution in [0.15, 0.2) is 42.5 Å². The zero-order chi connectivity index (χ0) is 18.2. The first-order valence-corrected chi connectivity index (χ1v) is 8.86. The summed E-state index contributed by atoms with van der Waals surface area (Å²) in [5, 5.41) is 3.51. The Hall–Kier alpha value is -2.20. The SMILES string of the molecule is CCOc1ccc(C(=O)NC(C)CC)cc1COc1ccccc1Cl. The number of carbonyl (C=O) groups is 1. The Morgan fingerprint density at radius 1 is 1.12 bits per heavy atom. The van der Waals surface area contributed by atoms with Crippen molar-refractivity contribution in [2.75, 3.05) is 6.61 Å². The standard InChI is InChI=1S/C20H24ClNO3/c1-4-14(3)22-20(23)15-10-11-18(24-5-2)16(12-15)13-25-19-9-7-6-8-17(19)21/h6-12,14H,4-5,13H2,1-3H3,(H,22,23). The van der Waals surface area contributed by atoms with Gasteiger partial charge < -0.3 is 14.8 Å². The van der Waals surface area contributed by atoms with E-state index in [1.54, 1.807) is 24.3 Å². The van der Waals surface area contributed by atoms with Gasteiger partial charge in [-0.2, -0.15) is 0 Å². The topological polar surface area (TPSA) is 47.6 Å². The predicted octanol–water partition coefficient (Wildman–Crippen LogP) is 4.85. The molecule has 0 spiro atoms. The number of carbonyl (C=O) groups excluding carboxylic acids is 1. The van der Waals surface area contributed by atoms with Crippen LogP contribution in [0.1, 0.15) is 43.1 Å². The summed E-state index contributed by atoms with van der Waals surface area (Å²) in [6, 6.07) is 12.8. The van der Waals surface area contributed by atoms with Crippen molar-refractivity contribution >= 4 is 17.5 Å². The molecule has 0 saturated heterocycles. The summed E-state index contributed by atoms with van der Waals surface area (Å²) in [6.07, 6.45) is 0.880. The first-order valence-electron chi connectivity index (χ1n) is 8.49. The number of halogens is 1. The molecular weight excluding hydrogens is 338 g/mol. The lowest BCUT2D eigenvalue weighted by atomic mass is 10.1. The second-order valence-electron chi connectivity index (χ2n) is 5.76. The maximum absolute atomic E-state index is 12.3. The van der Waals surface area contributed by atoms with E-state index in [2.05, 4.69) is 5.32 Å². The number of amides is 1. The van der Waals surface area contributed by atoms with Crippen LogP contribution in [0.3, 0.4) is 0 Å². The molecule has 4 nitrogen and oxygen atoms in total. The third-order valence-electron chi connectivity index (χ3n) is 3.83. The van der Waals surface area contributed by atoms with E-state index in [-0.39, 0.29) is 18.6 Å². The molecule has 0 aliphatic heterocycles. The molecule has 134 valence electrons. The van der Waals surface area contributed by atoms with Crippen molar-refractivity contribution in [1.29, 1.82) is 0 Å². The molecule has 2 aromatic rings. The molecular formula is C20H24ClNO3. The van der Waals surface area contributed by atoms with Crippen molar-refractivity contribution in [2.45, 2.75) is 39.8 Å². The molecule has 25 heavy (non-hydrogen) atoms. The average Bonchev–Trinajstić information content (AvgIpc) is 2.62. The first kappa shape index (κ1) is 19.1. The molecule has 0 aliphatic rings. The Bertz CT molecular complexity index is 718. The Balaban J connectivity index is 2.19. The van der Waals surface area contributed by atoms with Crippen molar-refractivity contribution < 1.29 is 14.3 Å². The number of benzene rings is 2. The van der Waals surface area contributed by atoms with Gasteiger partial charge in [0.2, 0.25) is 0 Å². The molecule has 1 unspecified atom stereocenters. The van der Waals surface area contributed by atoms with Gasteiger partial charge in [-0.15, -0.1) is 0 Å². The van der Waals surface area contributed by atoms with E-state index in [4.69, 9.17) is 21.1 Å². The van der Waals surface area contributed by atoms with Crippen LogP contribution in [0.5, 0.6) is 11.5 Å². The summed E-state index contributed by atoms with van der Waals surface area (Å²) in [7, 11) is 0. The number of ether oxygens (including phenoxy) is 2. The minimum atomic E-state index is -0.101. The van der Waals surface area contributed by atoms with Gasteiger partial charge in [0.15, 0.2) is 0 Å². The van der Waals surface area contributed by atoms with Crippen LogP contribution >= 0.6 is 11.6 Å². The zero-order valence-electron chi connectivity index (χ0n) is 14.8. The molecule has 0 bridgehead atoms. The van der Waals surface area contributed by atoms with Crippen LogP contribution < -0.4 is 14.8 Å². The molecule has 1 N–H and O–H groups in total. The summed E-state index contributed by atoms with van der Waals surface area (Å²) < 4.78 is 11.5. The summed E-state index contributed by atoms with van der Waals surface area (Å²) in [5.74, 6) is 1.20. The van der Waals surface area contributed by atoms with E-state index in [9.17, 15) is 4.79 Å². The van der Waals surface area contributed by atoms with Crippen LogP contribution in [-0.2, 0) is 6.61 Å². The molecule has 5 heteroatoms. The van der Waals surface area contributed by atoms with Crippen LogP contribution in [0.2, 0.25) is 5.02 Å². The number of hydrogen-bond donors (Lipinski definition) is 1. The lowest BCUT2D eigenvalue weighted by Gasteiger charge is -2.15. The Morgan fingerprint density at radius 2 is 1.88 bits per heavy atom. The van der Waals surface area contributed by atoms with E-state index in [1.807, 2.05) is 39.0 Å². The fraction of sp³-hybridized carbons (Fsp3) is 0.350. The van der Waals surface area contributed by atoms with Crippen molar-refractivity contribution in [3.63, 3.8) is 0 Å². The molecule has 0 saturated carbocycles. The van der Waals surface area contributed by atoms with E-state index < -0.39 is 0 Å². The van der Waals surface area contributed by atoms with Gasteiger partial charge in [-0.3, -0.25) is 4.79 Å². The molecule has 0 heterocycles. The van der Waals surface area contributed by atoms with Crippen LogP contribution in [0.25, 0.3) is 0 Å². The van der Waals surface area contributed by atoms with Gasteiger partial charge in [-0.1, -0.05) is 30.7 Å². The van der Waals surface area contributed by atoms with Crippen LogP contribution in [0.4, 0.5) is 0 Å². The second-order valence-corrected chi connectivity index (χ2v) is 6.16. The van der Waals surface area contributed by atoms with Crippen molar-refractivity contribution in [1.82, 2.24) is 5.32 Å². The highest BCUT2D eigenvalue weighted by molar-refractivity contribution is 6.32. The highest BCUT2D eigenvalue weighted by atomic mass is 35.5. The van der Waals surface area contributed by atoms with E-state index in [0.717, 1.165) is 12.0 Å². The minimum Gasteiger partial charge on any atom is -0.493 e. The molecule has 0 aliphatic carbocycles. The van der Waals surface area contributed by atoms with Gasteiger partial charge in [0.25, 0.3) is 5.91 Å². The molecule has 1 amide bonds. The predicted molar refractivity (Wildman–Crippen MR) is 101 cm³/mol. The molecule has 0 aromatic heterocycles. The number of nitrogens with one attached hydrogen (secondary N) is 1. The van der Waals surface area contributed by atoms with E-state index >= 15 is 0 Å². The first-order chi connectivity index (χ1) is 12.0. The van der Waals surface area contributed by atoms with Gasteiger partial charge in [-0.05, 0) is 50.6 Å². The fourth-order valence-corrected chi connectivity index (χ4v) is 2.45. The Labute approximate surface area is 154 Å². The Kier molecular flexibility index (Phi) is 7.14. The third kappa shape index (κ3) is 5.40. The molecule has 1 atom stereocenters. The lowest BCUT2D eigenvalue weighted by Crippen LogP contribution is -2.32. The number of rotatable bonds is 8. The van der Waals surface area contributed by atoms with E-state index in [1.165, 1.54) is 0 Å². The molecule has 0 fully saturated rings. The second kappa shape index (κ2) is 9.33. The maximum atomic E-state index is 12.3. The summed E-state index contributed by atoms with van der Waals surface area (Å²) in [6.45, 7) is 6.74. The summed E-state index contributed by atoms with van der Waals surface area (Å²) in [4.78, 5) is 12.3. The largest absolute Gasteiger partial charge is 0.493 e. The molecule has 0 radical (unpaired) electrons. The molecule has 2 rings (SSSR count). The van der Waals surface area contributed by atoms with Crippen LogP contribution in [-0.4, -0.2) is 18.6 Å². The van der Waals surface area contributed by atoms with E-state index in [0.29, 0.717) is 28.7 Å². The highest BCUT2D eigenvalue weighted by Gasteiger charge is 2.13. The zero-order valence-corrected chi connectivity index (χ0v) is 15.6. The fourth-order valence-electron chi connectivity index (χ4n) is 2.26. The molecule has 2 aromatic carbocycles. The Morgan fingerprint density at radius 3 is 2.56 bits per heavy atom. The minimum absolute atomic E-state index is 0.101. The third-order valence-corrected chi connectivity index (χ3v) is 4.14. The summed E-state index contributed by atoms with van der Waals surface area (Å²) >= 11 is 6.13. The van der Waals surface area contributed by atoms with Gasteiger partial charge >= 0.3 is 0 Å². The highest BCUT2D eigenvalue weighted by Crippen LogP contribution is 2.27. The van der Waals surface area contributed by atoms with Crippen LogP contribution in [0, 0.1) is 0 Å². The number of hydrogen-bond acceptors (Lipinski definition) is 3. The average molecular weight is 362 g/mol. The van der Waals surface area contributed by atoms with Crippen molar-refractivity contribution in [2.24, 2.45) is 0 Å². The smallest absolute Gasteiger partial charge is 0.251 e. The van der Waals surface area contributed by atoms with Gasteiger partial charge in [0.1, 0.15) is 18.1 Å². The maximum Gasteiger partial charge on any atom is 0.251 e. The summed E-state index contributed by atoms with van der Waals surface area (Å²) in [5.41, 5.74) is 1.39. The quantitative estimate of drug-likeness (QED) is 0.731. The van der Waals surface area contributed by atoms with Gasteiger partial charge in [0, 0.05) is 17.2 Å². The van der Waals surface area contributed by atoms with Crippen molar-refractivity contribution in [3.8, 4) is 11.5 Å². The normalized spacial score (nSPS) is 11.7. The van der Waals surface area contributed by atoms with Gasteiger partial charge in [0.05, 0.1) is 11.6 Å². The lowest BCUT2D eigenvalue weighted by molar-refractivity contribution is 0.0939.